The van der Waals surface area contributed by atoms with Crippen molar-refractivity contribution in [3.8, 4) is 0 Å². The Morgan fingerprint density at radius 1 is 1.58 bits per heavy atom. The van der Waals surface area contributed by atoms with Crippen LogP contribution in [0, 0.1) is 17.0 Å². The lowest BCUT2D eigenvalue weighted by atomic mass is 10.1. The van der Waals surface area contributed by atoms with Crippen LogP contribution in [0.1, 0.15) is 31.7 Å². The lowest BCUT2D eigenvalue weighted by Gasteiger charge is -2.20. The number of nitrogens with one attached hydrogen (secondary N) is 2. The zero-order valence-corrected chi connectivity index (χ0v) is 11.5. The summed E-state index contributed by atoms with van der Waals surface area (Å²) < 4.78 is 0. The summed E-state index contributed by atoms with van der Waals surface area (Å²) in [6, 6.07) is 5.92. The molecule has 2 N–H and O–H groups in total. The van der Waals surface area contributed by atoms with Gasteiger partial charge in [-0.2, -0.15) is 0 Å². The molecular formula is C14H21N3O2. The Kier molecular flexibility index (Phi) is 4.37. The third kappa shape index (κ3) is 3.67. The molecule has 19 heavy (non-hydrogen) atoms. The van der Waals surface area contributed by atoms with Gasteiger partial charge in [-0.05, 0) is 51.3 Å². The van der Waals surface area contributed by atoms with E-state index in [-0.39, 0.29) is 10.6 Å². The average molecular weight is 263 g/mol. The van der Waals surface area contributed by atoms with Crippen molar-refractivity contribution in [2.75, 3.05) is 11.9 Å². The van der Waals surface area contributed by atoms with Crippen LogP contribution >= 0.6 is 0 Å². The monoisotopic (exact) mass is 263 g/mol. The zero-order valence-electron chi connectivity index (χ0n) is 11.5. The molecule has 104 valence electrons. The van der Waals surface area contributed by atoms with E-state index in [1.54, 1.807) is 18.2 Å². The van der Waals surface area contributed by atoms with Crippen LogP contribution in [0.2, 0.25) is 0 Å². The zero-order chi connectivity index (χ0) is 13.8. The minimum atomic E-state index is -0.358. The summed E-state index contributed by atoms with van der Waals surface area (Å²) >= 11 is 0. The highest BCUT2D eigenvalue weighted by atomic mass is 16.6. The van der Waals surface area contributed by atoms with Gasteiger partial charge in [0.05, 0.1) is 4.92 Å². The van der Waals surface area contributed by atoms with Crippen molar-refractivity contribution < 1.29 is 4.92 Å². The molecule has 0 amide bonds. The van der Waals surface area contributed by atoms with E-state index < -0.39 is 0 Å². The third-order valence-corrected chi connectivity index (χ3v) is 3.62. The summed E-state index contributed by atoms with van der Waals surface area (Å²) in [4.78, 5) is 10.3. The molecule has 1 heterocycles. The highest BCUT2D eigenvalue weighted by molar-refractivity contribution is 5.55. The summed E-state index contributed by atoms with van der Waals surface area (Å²) in [6.45, 7) is 5.17. The van der Waals surface area contributed by atoms with Crippen LogP contribution in [-0.4, -0.2) is 23.6 Å². The van der Waals surface area contributed by atoms with Crippen LogP contribution in [0.15, 0.2) is 18.2 Å². The number of nitro benzene ring substituents is 1. The smallest absolute Gasteiger partial charge is 0.269 e. The SMILES string of the molecule is Cc1cc([N+](=O)[O-])ccc1NC(C)CC1CCCN1. The van der Waals surface area contributed by atoms with Crippen LogP contribution in [0.25, 0.3) is 0 Å². The van der Waals surface area contributed by atoms with Gasteiger partial charge in [0.25, 0.3) is 5.69 Å². The number of aryl methyl sites for hydroxylation is 1. The molecule has 0 radical (unpaired) electrons. The van der Waals surface area contributed by atoms with E-state index in [9.17, 15) is 10.1 Å². The molecule has 2 unspecified atom stereocenters. The van der Waals surface area contributed by atoms with Crippen LogP contribution in [-0.2, 0) is 0 Å². The fourth-order valence-electron chi connectivity index (χ4n) is 2.63. The molecule has 1 aromatic rings. The molecule has 0 aromatic heterocycles. The van der Waals surface area contributed by atoms with Gasteiger partial charge in [0, 0.05) is 29.9 Å². The molecule has 0 saturated carbocycles. The molecule has 2 atom stereocenters. The Bertz CT molecular complexity index is 456. The maximum Gasteiger partial charge on any atom is 0.269 e. The highest BCUT2D eigenvalue weighted by Gasteiger charge is 2.17. The number of benzene rings is 1. The van der Waals surface area contributed by atoms with Gasteiger partial charge in [-0.15, -0.1) is 0 Å². The first-order valence-electron chi connectivity index (χ1n) is 6.81. The molecule has 0 spiro atoms. The van der Waals surface area contributed by atoms with E-state index in [1.165, 1.54) is 12.8 Å². The van der Waals surface area contributed by atoms with Gasteiger partial charge in [0.15, 0.2) is 0 Å². The molecular weight excluding hydrogens is 242 g/mol. The Morgan fingerprint density at radius 3 is 2.95 bits per heavy atom. The normalized spacial score (nSPS) is 20.2. The molecule has 1 fully saturated rings. The number of nitrogens with zero attached hydrogens (tertiary/aromatic N) is 1. The standard InChI is InChI=1S/C14H21N3O2/c1-10-8-13(17(18)19)5-6-14(10)16-11(2)9-12-4-3-7-15-12/h5-6,8,11-12,15-16H,3-4,7,9H2,1-2H3. The van der Waals surface area contributed by atoms with E-state index >= 15 is 0 Å². The van der Waals surface area contributed by atoms with Crippen molar-refractivity contribution in [3.63, 3.8) is 0 Å². The number of hydrogen-bond donors (Lipinski definition) is 2. The summed E-state index contributed by atoms with van der Waals surface area (Å²) in [5, 5.41) is 17.6. The second-order valence-electron chi connectivity index (χ2n) is 5.33. The van der Waals surface area contributed by atoms with Crippen LogP contribution in [0.4, 0.5) is 11.4 Å². The lowest BCUT2D eigenvalue weighted by Crippen LogP contribution is -2.29. The van der Waals surface area contributed by atoms with Gasteiger partial charge in [-0.3, -0.25) is 10.1 Å². The van der Waals surface area contributed by atoms with Crippen molar-refractivity contribution in [1.82, 2.24) is 5.32 Å². The molecule has 1 aromatic carbocycles. The predicted octanol–water partition coefficient (Wildman–Crippen LogP) is 2.85. The first-order chi connectivity index (χ1) is 9.06. The van der Waals surface area contributed by atoms with Gasteiger partial charge in [0.2, 0.25) is 0 Å². The molecule has 1 saturated heterocycles. The fourth-order valence-corrected chi connectivity index (χ4v) is 2.63. The second-order valence-corrected chi connectivity index (χ2v) is 5.33. The summed E-state index contributed by atoms with van der Waals surface area (Å²) in [7, 11) is 0. The number of rotatable bonds is 5. The molecule has 2 rings (SSSR count). The van der Waals surface area contributed by atoms with Crippen molar-refractivity contribution in [2.45, 2.75) is 45.2 Å². The quantitative estimate of drug-likeness (QED) is 0.633. The maximum atomic E-state index is 10.7. The van der Waals surface area contributed by atoms with Crippen molar-refractivity contribution in [2.24, 2.45) is 0 Å². The first-order valence-corrected chi connectivity index (χ1v) is 6.81. The number of anilines is 1. The van der Waals surface area contributed by atoms with Gasteiger partial charge in [-0.1, -0.05) is 0 Å². The van der Waals surface area contributed by atoms with Gasteiger partial charge in [0.1, 0.15) is 0 Å². The molecule has 5 nitrogen and oxygen atoms in total. The van der Waals surface area contributed by atoms with Gasteiger partial charge < -0.3 is 10.6 Å². The molecule has 1 aliphatic heterocycles. The van der Waals surface area contributed by atoms with E-state index in [0.29, 0.717) is 12.1 Å². The molecule has 1 aliphatic rings. The van der Waals surface area contributed by atoms with Crippen molar-refractivity contribution >= 4 is 11.4 Å². The molecule has 5 heteroatoms. The van der Waals surface area contributed by atoms with E-state index in [2.05, 4.69) is 17.6 Å². The minimum absolute atomic E-state index is 0.146. The van der Waals surface area contributed by atoms with Crippen LogP contribution in [0.5, 0.6) is 0 Å². The largest absolute Gasteiger partial charge is 0.382 e. The highest BCUT2D eigenvalue weighted by Crippen LogP contribution is 2.23. The lowest BCUT2D eigenvalue weighted by molar-refractivity contribution is -0.384. The summed E-state index contributed by atoms with van der Waals surface area (Å²) in [5.41, 5.74) is 2.05. The van der Waals surface area contributed by atoms with E-state index in [1.807, 2.05) is 6.92 Å². The van der Waals surface area contributed by atoms with Gasteiger partial charge >= 0.3 is 0 Å². The number of non-ortho nitro benzene ring substituents is 1. The molecule has 0 aliphatic carbocycles. The Hall–Kier alpha value is -1.62. The summed E-state index contributed by atoms with van der Waals surface area (Å²) in [5.74, 6) is 0. The molecule has 0 bridgehead atoms. The Morgan fingerprint density at radius 2 is 2.37 bits per heavy atom. The van der Waals surface area contributed by atoms with Crippen LogP contribution < -0.4 is 10.6 Å². The topological polar surface area (TPSA) is 67.2 Å². The third-order valence-electron chi connectivity index (χ3n) is 3.62. The average Bonchev–Trinajstić information content (AvgIpc) is 2.84. The number of nitro groups is 1. The fraction of sp³-hybridized carbons (Fsp3) is 0.571. The number of hydrogen-bond acceptors (Lipinski definition) is 4. The summed E-state index contributed by atoms with van der Waals surface area (Å²) in [6.07, 6.45) is 3.58. The van der Waals surface area contributed by atoms with Gasteiger partial charge in [-0.25, -0.2) is 0 Å². The maximum absolute atomic E-state index is 10.7. The second kappa shape index (κ2) is 6.02. The van der Waals surface area contributed by atoms with Crippen LogP contribution in [0.3, 0.4) is 0 Å². The first kappa shape index (κ1) is 13.8. The Balaban J connectivity index is 1.96. The minimum Gasteiger partial charge on any atom is -0.382 e. The predicted molar refractivity (Wildman–Crippen MR) is 76.6 cm³/mol. The Labute approximate surface area is 113 Å². The van der Waals surface area contributed by atoms with Crippen molar-refractivity contribution in [3.05, 3.63) is 33.9 Å². The van der Waals surface area contributed by atoms with E-state index in [4.69, 9.17) is 0 Å². The van der Waals surface area contributed by atoms with Crippen molar-refractivity contribution in [1.29, 1.82) is 0 Å². The van der Waals surface area contributed by atoms with E-state index in [0.717, 1.165) is 24.2 Å².